The first-order valence-electron chi connectivity index (χ1n) is 9.48. The molecule has 1 aromatic heterocycles. The predicted molar refractivity (Wildman–Crippen MR) is 108 cm³/mol. The summed E-state index contributed by atoms with van der Waals surface area (Å²) in [5.41, 5.74) is 1.02. The number of ether oxygens (including phenoxy) is 1. The molecule has 0 bridgehead atoms. The van der Waals surface area contributed by atoms with E-state index in [1.165, 1.54) is 0 Å². The van der Waals surface area contributed by atoms with Crippen LogP contribution in [0.3, 0.4) is 0 Å². The molecule has 8 heteroatoms. The van der Waals surface area contributed by atoms with E-state index in [1.807, 2.05) is 12.1 Å². The zero-order valence-corrected chi connectivity index (χ0v) is 15.7. The molecule has 2 N–H and O–H groups in total. The number of nitrogens with one attached hydrogen (secondary N) is 2. The lowest BCUT2D eigenvalue weighted by atomic mass is 10.1. The van der Waals surface area contributed by atoms with Crippen molar-refractivity contribution in [2.75, 3.05) is 23.8 Å². The zero-order valence-electron chi connectivity index (χ0n) is 15.7. The lowest BCUT2D eigenvalue weighted by Crippen LogP contribution is -2.24. The van der Waals surface area contributed by atoms with Gasteiger partial charge in [-0.05, 0) is 37.1 Å². The highest BCUT2D eigenvalue weighted by Gasteiger charge is 2.23. The molecular formula is C21H21N5O3. The highest BCUT2D eigenvalue weighted by Crippen LogP contribution is 2.25. The number of carbonyl (C=O) groups excluding carboxylic acids is 2. The zero-order chi connectivity index (χ0) is 20.1. The van der Waals surface area contributed by atoms with Gasteiger partial charge in [-0.1, -0.05) is 36.4 Å². The third kappa shape index (κ3) is 4.49. The van der Waals surface area contributed by atoms with Crippen LogP contribution >= 0.6 is 0 Å². The number of benzene rings is 2. The molecule has 0 atom stereocenters. The molecule has 0 spiro atoms. The Morgan fingerprint density at radius 2 is 1.41 bits per heavy atom. The van der Waals surface area contributed by atoms with Gasteiger partial charge < -0.3 is 4.74 Å². The monoisotopic (exact) mass is 391 g/mol. The second kappa shape index (κ2) is 8.66. The molecule has 2 aromatic carbocycles. The maximum Gasteiger partial charge on any atom is 0.258 e. The number of nitrogens with zero attached hydrogens (tertiary/aromatic N) is 3. The van der Waals surface area contributed by atoms with E-state index in [2.05, 4.69) is 20.7 Å². The summed E-state index contributed by atoms with van der Waals surface area (Å²) in [6.07, 6.45) is 1.51. The van der Waals surface area contributed by atoms with Gasteiger partial charge in [-0.25, -0.2) is 4.68 Å². The van der Waals surface area contributed by atoms with E-state index in [1.54, 1.807) is 53.2 Å². The van der Waals surface area contributed by atoms with Crippen LogP contribution in [0.2, 0.25) is 0 Å². The Kier molecular flexibility index (Phi) is 5.62. The molecule has 1 aliphatic heterocycles. The average Bonchev–Trinajstić information content (AvgIpc) is 3.17. The van der Waals surface area contributed by atoms with Crippen LogP contribution in [0.5, 0.6) is 0 Å². The Bertz CT molecular complexity index is 982. The fraction of sp³-hybridized carbons (Fsp3) is 0.238. The van der Waals surface area contributed by atoms with Gasteiger partial charge in [0.15, 0.2) is 0 Å². The summed E-state index contributed by atoms with van der Waals surface area (Å²) < 4.78 is 7.09. The minimum Gasteiger partial charge on any atom is -0.381 e. The molecule has 0 aliphatic carbocycles. The van der Waals surface area contributed by atoms with E-state index in [-0.39, 0.29) is 23.8 Å². The molecule has 8 nitrogen and oxygen atoms in total. The summed E-state index contributed by atoms with van der Waals surface area (Å²) >= 11 is 0. The molecule has 1 aliphatic rings. The van der Waals surface area contributed by atoms with Crippen LogP contribution in [0.15, 0.2) is 60.7 Å². The number of anilines is 2. The van der Waals surface area contributed by atoms with Gasteiger partial charge in [0.1, 0.15) is 0 Å². The average molecular weight is 391 g/mol. The third-order valence-electron chi connectivity index (χ3n) is 4.69. The Labute approximate surface area is 167 Å². The summed E-state index contributed by atoms with van der Waals surface area (Å²) in [5, 5.41) is 9.97. The molecule has 0 radical (unpaired) electrons. The summed E-state index contributed by atoms with van der Waals surface area (Å²) in [4.78, 5) is 29.4. The number of amides is 2. The van der Waals surface area contributed by atoms with E-state index >= 15 is 0 Å². The van der Waals surface area contributed by atoms with Crippen LogP contribution < -0.4 is 10.6 Å². The van der Waals surface area contributed by atoms with Gasteiger partial charge in [-0.2, -0.15) is 4.98 Å². The Morgan fingerprint density at radius 3 is 2.00 bits per heavy atom. The van der Waals surface area contributed by atoms with Crippen molar-refractivity contribution in [1.29, 1.82) is 0 Å². The summed E-state index contributed by atoms with van der Waals surface area (Å²) in [6, 6.07) is 17.8. The van der Waals surface area contributed by atoms with Gasteiger partial charge in [0.05, 0.1) is 6.04 Å². The standard InChI is InChI=1S/C21H21N5O3/c27-18(15-7-3-1-4-8-15)22-20-24-21(23-19(28)16-9-5-2-6-10-16)26(25-20)17-11-13-29-14-12-17/h1-10,17H,11-14H2,(H2,22,23,24,25,27,28). The van der Waals surface area contributed by atoms with Crippen molar-refractivity contribution in [1.82, 2.24) is 14.8 Å². The molecule has 2 amide bonds. The minimum atomic E-state index is -0.310. The first kappa shape index (κ1) is 18.8. The van der Waals surface area contributed by atoms with Crippen LogP contribution in [0.25, 0.3) is 0 Å². The van der Waals surface area contributed by atoms with Gasteiger partial charge in [-0.3, -0.25) is 20.2 Å². The predicted octanol–water partition coefficient (Wildman–Crippen LogP) is 3.13. The van der Waals surface area contributed by atoms with E-state index in [0.29, 0.717) is 30.3 Å². The molecule has 3 aromatic rings. The van der Waals surface area contributed by atoms with Gasteiger partial charge in [0.25, 0.3) is 17.8 Å². The van der Waals surface area contributed by atoms with Crippen molar-refractivity contribution in [2.45, 2.75) is 18.9 Å². The SMILES string of the molecule is O=C(Nc1nc(NC(=O)c2ccccc2)n(C2CCOCC2)n1)c1ccccc1. The largest absolute Gasteiger partial charge is 0.381 e. The van der Waals surface area contributed by atoms with E-state index < -0.39 is 0 Å². The first-order valence-corrected chi connectivity index (χ1v) is 9.48. The van der Waals surface area contributed by atoms with Gasteiger partial charge in [0, 0.05) is 24.3 Å². The fourth-order valence-corrected chi connectivity index (χ4v) is 3.17. The lowest BCUT2D eigenvalue weighted by molar-refractivity contribution is 0.0667. The van der Waals surface area contributed by atoms with Crippen LogP contribution in [0.4, 0.5) is 11.9 Å². The summed E-state index contributed by atoms with van der Waals surface area (Å²) in [6.45, 7) is 1.23. The van der Waals surface area contributed by atoms with Crippen LogP contribution in [-0.2, 0) is 4.74 Å². The van der Waals surface area contributed by atoms with Crippen LogP contribution in [0.1, 0.15) is 39.6 Å². The Morgan fingerprint density at radius 1 is 0.862 bits per heavy atom. The van der Waals surface area contributed by atoms with Crippen molar-refractivity contribution in [3.05, 3.63) is 71.8 Å². The quantitative estimate of drug-likeness (QED) is 0.696. The van der Waals surface area contributed by atoms with Gasteiger partial charge in [-0.15, -0.1) is 5.10 Å². The molecule has 1 fully saturated rings. The summed E-state index contributed by atoms with van der Waals surface area (Å²) in [7, 11) is 0. The second-order valence-electron chi connectivity index (χ2n) is 6.69. The fourth-order valence-electron chi connectivity index (χ4n) is 3.17. The van der Waals surface area contributed by atoms with Crippen molar-refractivity contribution in [2.24, 2.45) is 0 Å². The van der Waals surface area contributed by atoms with E-state index in [9.17, 15) is 9.59 Å². The maximum atomic E-state index is 12.6. The second-order valence-corrected chi connectivity index (χ2v) is 6.69. The van der Waals surface area contributed by atoms with Gasteiger partial charge in [0.2, 0.25) is 5.95 Å². The molecule has 0 unspecified atom stereocenters. The van der Waals surface area contributed by atoms with Gasteiger partial charge >= 0.3 is 0 Å². The van der Waals surface area contributed by atoms with Crippen LogP contribution in [0, 0.1) is 0 Å². The highest BCUT2D eigenvalue weighted by molar-refractivity contribution is 6.04. The number of hydrogen-bond donors (Lipinski definition) is 2. The Balaban J connectivity index is 1.58. The molecule has 0 saturated carbocycles. The smallest absolute Gasteiger partial charge is 0.258 e. The molecule has 2 heterocycles. The normalized spacial score (nSPS) is 14.3. The van der Waals surface area contributed by atoms with Crippen molar-refractivity contribution in [3.8, 4) is 0 Å². The lowest BCUT2D eigenvalue weighted by Gasteiger charge is -2.23. The highest BCUT2D eigenvalue weighted by atomic mass is 16.5. The number of hydrogen-bond acceptors (Lipinski definition) is 5. The summed E-state index contributed by atoms with van der Waals surface area (Å²) in [5.74, 6) is -0.147. The van der Waals surface area contributed by atoms with Crippen molar-refractivity contribution in [3.63, 3.8) is 0 Å². The minimum absolute atomic E-state index is 0.0321. The number of aromatic nitrogens is 3. The van der Waals surface area contributed by atoms with Crippen molar-refractivity contribution < 1.29 is 14.3 Å². The third-order valence-corrected chi connectivity index (χ3v) is 4.69. The first-order chi connectivity index (χ1) is 14.2. The molecule has 148 valence electrons. The van der Waals surface area contributed by atoms with Crippen molar-refractivity contribution >= 4 is 23.7 Å². The molecular weight excluding hydrogens is 370 g/mol. The maximum absolute atomic E-state index is 12.6. The number of carbonyl (C=O) groups is 2. The topological polar surface area (TPSA) is 98.1 Å². The Hall–Kier alpha value is -3.52. The van der Waals surface area contributed by atoms with E-state index in [0.717, 1.165) is 12.8 Å². The molecule has 1 saturated heterocycles. The number of rotatable bonds is 5. The van der Waals surface area contributed by atoms with Crippen LogP contribution in [-0.4, -0.2) is 39.8 Å². The van der Waals surface area contributed by atoms with E-state index in [4.69, 9.17) is 4.74 Å². The molecule has 29 heavy (non-hydrogen) atoms. The molecule has 4 rings (SSSR count).